The van der Waals surface area contributed by atoms with Crippen LogP contribution in [0.1, 0.15) is 57.1 Å². The minimum Gasteiger partial charge on any atom is -0.349 e. The Bertz CT molecular complexity index is 1600. The summed E-state index contributed by atoms with van der Waals surface area (Å²) in [4.78, 5) is 31.7. The van der Waals surface area contributed by atoms with Crippen molar-refractivity contribution in [3.63, 3.8) is 0 Å². The number of carbonyl (C=O) groups is 2. The van der Waals surface area contributed by atoms with Crippen molar-refractivity contribution in [1.29, 1.82) is 0 Å². The fourth-order valence-corrected chi connectivity index (χ4v) is 4.57. The van der Waals surface area contributed by atoms with E-state index in [1.165, 1.54) is 23.0 Å². The third kappa shape index (κ3) is 5.80. The summed E-state index contributed by atoms with van der Waals surface area (Å²) >= 11 is 12.5. The maximum Gasteiger partial charge on any atom is 0.436 e. The van der Waals surface area contributed by atoms with E-state index >= 15 is 0 Å². The summed E-state index contributed by atoms with van der Waals surface area (Å²) in [7, 11) is 0. The number of nitrogens with one attached hydrogen (secondary N) is 2. The van der Waals surface area contributed by atoms with E-state index in [0.29, 0.717) is 16.8 Å². The molecular formula is C25H21Cl2F3N8O2. The number of rotatable bonds is 7. The molecule has 0 aliphatic heterocycles. The first-order chi connectivity index (χ1) is 19.0. The zero-order valence-corrected chi connectivity index (χ0v) is 22.3. The van der Waals surface area contributed by atoms with E-state index in [-0.39, 0.29) is 52.0 Å². The van der Waals surface area contributed by atoms with E-state index in [2.05, 4.69) is 30.9 Å². The third-order valence-corrected chi connectivity index (χ3v) is 6.80. The predicted octanol–water partition coefficient (Wildman–Crippen LogP) is 5.08. The Hall–Kier alpha value is -3.97. The molecule has 1 aromatic carbocycles. The summed E-state index contributed by atoms with van der Waals surface area (Å²) in [6.07, 6.45) is 0.145. The second-order valence-electron chi connectivity index (χ2n) is 9.20. The molecule has 1 saturated carbocycles. The average molecular weight is 593 g/mol. The maximum atomic E-state index is 13.6. The van der Waals surface area contributed by atoms with Crippen LogP contribution < -0.4 is 10.6 Å². The molecule has 0 unspecified atom stereocenters. The second kappa shape index (κ2) is 10.9. The van der Waals surface area contributed by atoms with Crippen LogP contribution in [-0.4, -0.2) is 47.6 Å². The number of hydrogen-bond donors (Lipinski definition) is 2. The van der Waals surface area contributed by atoms with Crippen molar-refractivity contribution in [2.75, 3.05) is 5.32 Å². The number of aromatic nitrogens is 6. The molecule has 2 N–H and O–H groups in total. The molecule has 3 heterocycles. The molecule has 3 aromatic heterocycles. The molecule has 0 saturated heterocycles. The van der Waals surface area contributed by atoms with Crippen molar-refractivity contribution in [2.45, 2.75) is 44.9 Å². The van der Waals surface area contributed by atoms with Crippen LogP contribution in [0.25, 0.3) is 5.82 Å². The van der Waals surface area contributed by atoms with Gasteiger partial charge in [0.15, 0.2) is 11.5 Å². The molecule has 1 aliphatic carbocycles. The van der Waals surface area contributed by atoms with E-state index in [4.69, 9.17) is 23.2 Å². The van der Waals surface area contributed by atoms with Gasteiger partial charge < -0.3 is 10.6 Å². The van der Waals surface area contributed by atoms with Gasteiger partial charge >= 0.3 is 6.18 Å². The molecule has 10 nitrogen and oxygen atoms in total. The van der Waals surface area contributed by atoms with Crippen molar-refractivity contribution < 1.29 is 22.8 Å². The van der Waals surface area contributed by atoms with Crippen molar-refractivity contribution in [1.82, 2.24) is 35.1 Å². The molecule has 1 aliphatic rings. The van der Waals surface area contributed by atoms with Gasteiger partial charge in [-0.1, -0.05) is 23.2 Å². The molecule has 208 valence electrons. The smallest absolute Gasteiger partial charge is 0.349 e. The first-order valence-corrected chi connectivity index (χ1v) is 12.8. The number of hydrogen-bond acceptors (Lipinski definition) is 6. The first-order valence-electron chi connectivity index (χ1n) is 12.1. The Balaban J connectivity index is 1.50. The number of anilines is 1. The summed E-state index contributed by atoms with van der Waals surface area (Å²) in [6.45, 7) is 1.42. The average Bonchev–Trinajstić information content (AvgIpc) is 3.51. The Morgan fingerprint density at radius 2 is 1.90 bits per heavy atom. The monoisotopic (exact) mass is 592 g/mol. The number of alkyl halides is 3. The van der Waals surface area contributed by atoms with Crippen molar-refractivity contribution in [3.8, 4) is 5.82 Å². The van der Waals surface area contributed by atoms with Gasteiger partial charge in [0.05, 0.1) is 28.2 Å². The van der Waals surface area contributed by atoms with Crippen LogP contribution in [0.2, 0.25) is 10.0 Å². The highest BCUT2D eigenvalue weighted by Crippen LogP contribution is 2.29. The SMILES string of the molecule is Cc1cc(Cl)cc(C(=O)NC2CCC2)c1NC(=O)c1cc(Cn2ncc(C(F)(F)F)n2)nn1-c1ncccc1Cl. The van der Waals surface area contributed by atoms with Gasteiger partial charge in [0.2, 0.25) is 0 Å². The second-order valence-corrected chi connectivity index (χ2v) is 10.0. The van der Waals surface area contributed by atoms with E-state index in [0.717, 1.165) is 24.1 Å². The van der Waals surface area contributed by atoms with E-state index in [1.807, 2.05) is 0 Å². The highest BCUT2D eigenvalue weighted by Gasteiger charge is 2.34. The number of nitrogens with zero attached hydrogens (tertiary/aromatic N) is 6. The van der Waals surface area contributed by atoms with Gasteiger partial charge in [0.1, 0.15) is 12.2 Å². The Kier molecular flexibility index (Phi) is 7.51. The molecule has 0 atom stereocenters. The minimum absolute atomic E-state index is 0.0431. The number of pyridine rings is 1. The molecule has 5 rings (SSSR count). The summed E-state index contributed by atoms with van der Waals surface area (Å²) in [5.74, 6) is -0.938. The Labute approximate surface area is 235 Å². The molecular weight excluding hydrogens is 572 g/mol. The molecule has 4 aromatic rings. The molecule has 0 radical (unpaired) electrons. The van der Waals surface area contributed by atoms with Crippen LogP contribution in [0, 0.1) is 6.92 Å². The summed E-state index contributed by atoms with van der Waals surface area (Å²) in [5, 5.41) is 17.6. The number of carbonyl (C=O) groups excluding carboxylic acids is 2. The van der Waals surface area contributed by atoms with Gasteiger partial charge in [-0.05, 0) is 62.1 Å². The lowest BCUT2D eigenvalue weighted by molar-refractivity contribution is -0.141. The molecule has 40 heavy (non-hydrogen) atoms. The highest BCUT2D eigenvalue weighted by molar-refractivity contribution is 6.32. The zero-order valence-electron chi connectivity index (χ0n) is 20.8. The number of aryl methyl sites for hydroxylation is 1. The topological polar surface area (TPSA) is 120 Å². The summed E-state index contributed by atoms with van der Waals surface area (Å²) < 4.78 is 40.1. The predicted molar refractivity (Wildman–Crippen MR) is 140 cm³/mol. The number of benzene rings is 1. The van der Waals surface area contributed by atoms with Gasteiger partial charge in [0, 0.05) is 17.3 Å². The lowest BCUT2D eigenvalue weighted by Gasteiger charge is -2.27. The van der Waals surface area contributed by atoms with Crippen LogP contribution >= 0.6 is 23.2 Å². The van der Waals surface area contributed by atoms with E-state index in [9.17, 15) is 22.8 Å². The lowest BCUT2D eigenvalue weighted by Crippen LogP contribution is -2.39. The molecule has 0 spiro atoms. The van der Waals surface area contributed by atoms with Crippen LogP contribution in [0.3, 0.4) is 0 Å². The van der Waals surface area contributed by atoms with Gasteiger partial charge in [-0.25, -0.2) is 9.67 Å². The summed E-state index contributed by atoms with van der Waals surface area (Å²) in [5.41, 5.74) is -0.0692. The minimum atomic E-state index is -4.66. The Morgan fingerprint density at radius 3 is 2.55 bits per heavy atom. The number of amides is 2. The van der Waals surface area contributed by atoms with Gasteiger partial charge in [-0.15, -0.1) is 5.10 Å². The van der Waals surface area contributed by atoms with Gasteiger partial charge in [-0.3, -0.25) is 9.59 Å². The van der Waals surface area contributed by atoms with E-state index in [1.54, 1.807) is 25.1 Å². The van der Waals surface area contributed by atoms with Crippen LogP contribution in [0.5, 0.6) is 0 Å². The quantitative estimate of drug-likeness (QED) is 0.309. The first kappa shape index (κ1) is 27.6. The molecule has 15 heteroatoms. The lowest BCUT2D eigenvalue weighted by atomic mass is 9.92. The van der Waals surface area contributed by atoms with Crippen molar-refractivity contribution in [3.05, 3.63) is 81.0 Å². The maximum absolute atomic E-state index is 13.6. The van der Waals surface area contributed by atoms with Crippen LogP contribution in [0.4, 0.5) is 18.9 Å². The molecule has 0 bridgehead atoms. The molecule has 2 amide bonds. The standard InChI is InChI=1S/C25H21Cl2F3N8O2/c1-13-8-14(26)9-17(23(39)33-15-4-2-5-15)21(13)34-24(40)19-10-16(12-37-32-11-20(36-37)25(28,29)30)35-38(19)22-18(27)6-3-7-31-22/h3,6-11,15H,2,4-5,12H2,1H3,(H,33,39)(H,34,40). The third-order valence-electron chi connectivity index (χ3n) is 6.29. The highest BCUT2D eigenvalue weighted by atomic mass is 35.5. The van der Waals surface area contributed by atoms with Crippen LogP contribution in [-0.2, 0) is 12.7 Å². The van der Waals surface area contributed by atoms with Crippen LogP contribution in [0.15, 0.2) is 42.7 Å². The number of halogens is 5. The van der Waals surface area contributed by atoms with E-state index < -0.39 is 17.8 Å². The fourth-order valence-electron chi connectivity index (χ4n) is 4.09. The van der Waals surface area contributed by atoms with Gasteiger partial charge in [0.25, 0.3) is 11.8 Å². The van der Waals surface area contributed by atoms with Crippen molar-refractivity contribution >= 4 is 40.7 Å². The Morgan fingerprint density at radius 1 is 1.12 bits per heavy atom. The zero-order chi connectivity index (χ0) is 28.6. The summed E-state index contributed by atoms with van der Waals surface area (Å²) in [6, 6.07) is 7.63. The van der Waals surface area contributed by atoms with Crippen molar-refractivity contribution in [2.24, 2.45) is 0 Å². The largest absolute Gasteiger partial charge is 0.436 e. The normalized spacial score (nSPS) is 13.7. The van der Waals surface area contributed by atoms with Gasteiger partial charge in [-0.2, -0.15) is 28.2 Å². The fraction of sp³-hybridized carbons (Fsp3) is 0.280. The molecule has 1 fully saturated rings.